The molecule has 3 rings (SSSR count). The Morgan fingerprint density at radius 2 is 1.67 bits per heavy atom. The Kier molecular flexibility index (Phi) is 3.41. The molecule has 2 aromatic carbocycles. The second-order valence-electron chi connectivity index (χ2n) is 4.53. The van der Waals surface area contributed by atoms with Crippen molar-refractivity contribution in [3.05, 3.63) is 69.1 Å². The summed E-state index contributed by atoms with van der Waals surface area (Å²) in [6.07, 6.45) is 0. The number of H-pyrrole nitrogens is 1. The molecule has 0 aliphatic heterocycles. The van der Waals surface area contributed by atoms with Gasteiger partial charge in [0.1, 0.15) is 0 Å². The van der Waals surface area contributed by atoms with Gasteiger partial charge >= 0.3 is 10.8 Å². The van der Waals surface area contributed by atoms with Gasteiger partial charge in [-0.25, -0.2) is 4.79 Å². The summed E-state index contributed by atoms with van der Waals surface area (Å²) in [5.41, 5.74) is 3.65. The number of hydrogen-bond donors (Lipinski definition) is 2. The number of hydrogen-bond acceptors (Lipinski definition) is 3. The van der Waals surface area contributed by atoms with Gasteiger partial charge < -0.3 is 10.1 Å². The standard InChI is InChI=1S/C16H11NO3S/c18-15(19)13-6-2-4-11(8-13)10-3-1-5-12(7-10)14-9-21-16(20)17-14/h1-9H,(H,17,20)(H,18,19). The zero-order valence-electron chi connectivity index (χ0n) is 10.9. The predicted octanol–water partition coefficient (Wildman–Crippen LogP) is 3.47. The van der Waals surface area contributed by atoms with Crippen molar-refractivity contribution in [3.8, 4) is 22.4 Å². The first kappa shape index (κ1) is 13.3. The van der Waals surface area contributed by atoms with E-state index in [1.807, 2.05) is 30.3 Å². The van der Waals surface area contributed by atoms with Gasteiger partial charge in [0.15, 0.2) is 0 Å². The average Bonchev–Trinajstić information content (AvgIpc) is 2.94. The lowest BCUT2D eigenvalue weighted by molar-refractivity contribution is 0.0697. The van der Waals surface area contributed by atoms with Gasteiger partial charge in [-0.2, -0.15) is 0 Å². The maximum atomic E-state index is 11.2. The molecule has 1 heterocycles. The van der Waals surface area contributed by atoms with Gasteiger partial charge in [0, 0.05) is 5.38 Å². The molecule has 104 valence electrons. The minimum atomic E-state index is -0.949. The lowest BCUT2D eigenvalue weighted by Gasteiger charge is -2.05. The first-order valence-electron chi connectivity index (χ1n) is 6.25. The molecular formula is C16H11NO3S. The highest BCUT2D eigenvalue weighted by Crippen LogP contribution is 2.26. The van der Waals surface area contributed by atoms with Crippen LogP contribution in [-0.2, 0) is 0 Å². The lowest BCUT2D eigenvalue weighted by atomic mass is 10.0. The van der Waals surface area contributed by atoms with Gasteiger partial charge in [0.25, 0.3) is 0 Å². The van der Waals surface area contributed by atoms with E-state index < -0.39 is 5.97 Å². The van der Waals surface area contributed by atoms with E-state index in [2.05, 4.69) is 4.98 Å². The molecule has 0 spiro atoms. The molecule has 0 aliphatic rings. The van der Waals surface area contributed by atoms with Crippen molar-refractivity contribution in [2.24, 2.45) is 0 Å². The molecule has 5 heteroatoms. The van der Waals surface area contributed by atoms with Crippen LogP contribution in [0.3, 0.4) is 0 Å². The second kappa shape index (κ2) is 5.38. The highest BCUT2D eigenvalue weighted by Gasteiger charge is 2.06. The molecule has 0 bridgehead atoms. The number of rotatable bonds is 3. The van der Waals surface area contributed by atoms with E-state index in [1.54, 1.807) is 23.6 Å². The third-order valence-electron chi connectivity index (χ3n) is 3.14. The largest absolute Gasteiger partial charge is 0.478 e. The van der Waals surface area contributed by atoms with Crippen LogP contribution < -0.4 is 4.87 Å². The van der Waals surface area contributed by atoms with Crippen molar-refractivity contribution in [1.29, 1.82) is 0 Å². The van der Waals surface area contributed by atoms with Crippen LogP contribution in [-0.4, -0.2) is 16.1 Å². The van der Waals surface area contributed by atoms with Crippen molar-refractivity contribution >= 4 is 17.3 Å². The normalized spacial score (nSPS) is 10.5. The molecule has 21 heavy (non-hydrogen) atoms. The molecule has 0 fully saturated rings. The average molecular weight is 297 g/mol. The number of aromatic nitrogens is 1. The third-order valence-corrected chi connectivity index (χ3v) is 3.81. The molecule has 0 saturated carbocycles. The third kappa shape index (κ3) is 2.78. The van der Waals surface area contributed by atoms with E-state index in [0.717, 1.165) is 33.7 Å². The number of carbonyl (C=O) groups is 1. The van der Waals surface area contributed by atoms with Gasteiger partial charge in [-0.1, -0.05) is 41.7 Å². The number of benzene rings is 2. The zero-order valence-corrected chi connectivity index (χ0v) is 11.7. The zero-order chi connectivity index (χ0) is 14.8. The Morgan fingerprint density at radius 3 is 2.33 bits per heavy atom. The quantitative estimate of drug-likeness (QED) is 0.777. The maximum Gasteiger partial charge on any atom is 0.335 e. The topological polar surface area (TPSA) is 70.2 Å². The van der Waals surface area contributed by atoms with Crippen LogP contribution in [0.1, 0.15) is 10.4 Å². The van der Waals surface area contributed by atoms with Crippen molar-refractivity contribution in [3.63, 3.8) is 0 Å². The number of aromatic carboxylic acids is 1. The summed E-state index contributed by atoms with van der Waals surface area (Å²) >= 11 is 1.12. The summed E-state index contributed by atoms with van der Waals surface area (Å²) in [6.45, 7) is 0. The fourth-order valence-electron chi connectivity index (χ4n) is 2.12. The summed E-state index contributed by atoms with van der Waals surface area (Å²) in [6, 6.07) is 14.4. The highest BCUT2D eigenvalue weighted by atomic mass is 32.1. The minimum Gasteiger partial charge on any atom is -0.478 e. The van der Waals surface area contributed by atoms with E-state index >= 15 is 0 Å². The van der Waals surface area contributed by atoms with Gasteiger partial charge in [0.05, 0.1) is 11.3 Å². The molecule has 0 unspecified atom stereocenters. The van der Waals surface area contributed by atoms with Crippen LogP contribution in [0.4, 0.5) is 0 Å². The molecule has 2 N–H and O–H groups in total. The molecule has 0 amide bonds. The van der Waals surface area contributed by atoms with E-state index in [-0.39, 0.29) is 10.4 Å². The monoisotopic (exact) mass is 297 g/mol. The first-order valence-corrected chi connectivity index (χ1v) is 7.13. The summed E-state index contributed by atoms with van der Waals surface area (Å²) in [5, 5.41) is 10.8. The molecule has 3 aromatic rings. The Hall–Kier alpha value is -2.66. The van der Waals surface area contributed by atoms with Gasteiger partial charge in [0.2, 0.25) is 0 Å². The number of thiazole rings is 1. The Morgan fingerprint density at radius 1 is 1.00 bits per heavy atom. The lowest BCUT2D eigenvalue weighted by Crippen LogP contribution is -1.95. The number of aromatic amines is 1. The van der Waals surface area contributed by atoms with E-state index in [4.69, 9.17) is 5.11 Å². The van der Waals surface area contributed by atoms with E-state index in [9.17, 15) is 9.59 Å². The summed E-state index contributed by atoms with van der Waals surface area (Å²) < 4.78 is 0. The van der Waals surface area contributed by atoms with E-state index in [1.165, 1.54) is 0 Å². The summed E-state index contributed by atoms with van der Waals surface area (Å²) in [5.74, 6) is -0.949. The highest BCUT2D eigenvalue weighted by molar-refractivity contribution is 7.07. The smallest absolute Gasteiger partial charge is 0.335 e. The van der Waals surface area contributed by atoms with Gasteiger partial charge in [-0.3, -0.25) is 4.79 Å². The van der Waals surface area contributed by atoms with Crippen molar-refractivity contribution in [1.82, 2.24) is 4.98 Å². The molecule has 4 nitrogen and oxygen atoms in total. The Bertz CT molecular complexity index is 863. The molecule has 1 aromatic heterocycles. The molecule has 0 radical (unpaired) electrons. The summed E-state index contributed by atoms with van der Waals surface area (Å²) in [4.78, 5) is 24.9. The van der Waals surface area contributed by atoms with Crippen LogP contribution in [0.15, 0.2) is 58.7 Å². The van der Waals surface area contributed by atoms with Crippen molar-refractivity contribution in [2.75, 3.05) is 0 Å². The number of nitrogens with one attached hydrogen (secondary N) is 1. The minimum absolute atomic E-state index is 0.0942. The van der Waals surface area contributed by atoms with Crippen molar-refractivity contribution in [2.45, 2.75) is 0 Å². The number of carboxylic acids is 1. The molecular weight excluding hydrogens is 286 g/mol. The van der Waals surface area contributed by atoms with E-state index in [0.29, 0.717) is 0 Å². The fraction of sp³-hybridized carbons (Fsp3) is 0. The van der Waals surface area contributed by atoms with Crippen LogP contribution >= 0.6 is 11.3 Å². The molecule has 0 saturated heterocycles. The van der Waals surface area contributed by atoms with Crippen LogP contribution in [0.25, 0.3) is 22.4 Å². The second-order valence-corrected chi connectivity index (χ2v) is 5.37. The molecule has 0 atom stereocenters. The summed E-state index contributed by atoms with van der Waals surface area (Å²) in [7, 11) is 0. The van der Waals surface area contributed by atoms with Crippen molar-refractivity contribution < 1.29 is 9.90 Å². The Labute approximate surface area is 124 Å². The molecule has 0 aliphatic carbocycles. The fourth-order valence-corrected chi connectivity index (χ4v) is 2.71. The maximum absolute atomic E-state index is 11.2. The SMILES string of the molecule is O=C(O)c1cccc(-c2cccc(-c3csc(=O)[nH]3)c2)c1. The predicted molar refractivity (Wildman–Crippen MR) is 82.8 cm³/mol. The van der Waals surface area contributed by atoms with Gasteiger partial charge in [-0.05, 0) is 34.9 Å². The number of carboxylic acid groups (broad SMARTS) is 1. The van der Waals surface area contributed by atoms with Crippen LogP contribution in [0.2, 0.25) is 0 Å². The Balaban J connectivity index is 2.05. The van der Waals surface area contributed by atoms with Gasteiger partial charge in [-0.15, -0.1) is 0 Å². The van der Waals surface area contributed by atoms with Crippen LogP contribution in [0, 0.1) is 0 Å². The first-order chi connectivity index (χ1) is 10.1. The van der Waals surface area contributed by atoms with Crippen LogP contribution in [0.5, 0.6) is 0 Å².